The van der Waals surface area contributed by atoms with Crippen molar-refractivity contribution in [2.75, 3.05) is 33.2 Å². The molecular weight excluding hydrogens is 212 g/mol. The second kappa shape index (κ2) is 4.15. The van der Waals surface area contributed by atoms with E-state index < -0.39 is 0 Å². The van der Waals surface area contributed by atoms with Crippen LogP contribution in [0.5, 0.6) is 0 Å². The molecule has 0 aromatic heterocycles. The second-order valence-corrected chi connectivity index (χ2v) is 5.32. The molecule has 2 aliphatic heterocycles. The quantitative estimate of drug-likeness (QED) is 0.726. The Labute approximate surface area is 102 Å². The van der Waals surface area contributed by atoms with Crippen LogP contribution in [0.2, 0.25) is 0 Å². The van der Waals surface area contributed by atoms with E-state index in [1.165, 1.54) is 0 Å². The van der Waals surface area contributed by atoms with Gasteiger partial charge in [-0.3, -0.25) is 4.79 Å². The average Bonchev–Trinajstić information content (AvgIpc) is 2.86. The number of hydrogen-bond donors (Lipinski definition) is 0. The molecule has 0 radical (unpaired) electrons. The molecular formula is C14H18N2O. The van der Waals surface area contributed by atoms with Crippen LogP contribution < -0.4 is 0 Å². The molecule has 3 rings (SSSR count). The van der Waals surface area contributed by atoms with Gasteiger partial charge in [-0.2, -0.15) is 0 Å². The van der Waals surface area contributed by atoms with Crippen molar-refractivity contribution in [1.82, 2.24) is 9.80 Å². The van der Waals surface area contributed by atoms with Crippen LogP contribution in [0, 0.1) is 11.8 Å². The molecule has 2 atom stereocenters. The van der Waals surface area contributed by atoms with Crippen LogP contribution in [0.15, 0.2) is 30.3 Å². The zero-order valence-electron chi connectivity index (χ0n) is 10.2. The number of benzene rings is 1. The van der Waals surface area contributed by atoms with E-state index in [9.17, 15) is 4.79 Å². The molecule has 3 nitrogen and oxygen atoms in total. The van der Waals surface area contributed by atoms with Crippen LogP contribution in [0.4, 0.5) is 0 Å². The van der Waals surface area contributed by atoms with Crippen molar-refractivity contribution in [3.63, 3.8) is 0 Å². The minimum absolute atomic E-state index is 0.197. The molecule has 0 spiro atoms. The molecule has 3 heteroatoms. The molecule has 0 saturated carbocycles. The summed E-state index contributed by atoms with van der Waals surface area (Å²) in [5, 5.41) is 0. The summed E-state index contributed by atoms with van der Waals surface area (Å²) in [6.45, 7) is 4.15. The number of carbonyl (C=O) groups is 1. The predicted molar refractivity (Wildman–Crippen MR) is 66.8 cm³/mol. The van der Waals surface area contributed by atoms with Gasteiger partial charge in [0.25, 0.3) is 5.91 Å². The van der Waals surface area contributed by atoms with Crippen molar-refractivity contribution >= 4 is 5.91 Å². The molecule has 0 N–H and O–H groups in total. The highest BCUT2D eigenvalue weighted by atomic mass is 16.2. The molecule has 2 saturated heterocycles. The Morgan fingerprint density at radius 3 is 2.24 bits per heavy atom. The van der Waals surface area contributed by atoms with Gasteiger partial charge in [0.15, 0.2) is 0 Å². The summed E-state index contributed by atoms with van der Waals surface area (Å²) in [5.74, 6) is 1.57. The summed E-state index contributed by atoms with van der Waals surface area (Å²) in [7, 11) is 2.17. The fourth-order valence-corrected chi connectivity index (χ4v) is 3.16. The van der Waals surface area contributed by atoms with Gasteiger partial charge in [-0.15, -0.1) is 0 Å². The summed E-state index contributed by atoms with van der Waals surface area (Å²) in [4.78, 5) is 16.7. The first-order valence-corrected chi connectivity index (χ1v) is 6.27. The summed E-state index contributed by atoms with van der Waals surface area (Å²) in [6.07, 6.45) is 0. The molecule has 2 fully saturated rings. The third-order valence-corrected chi connectivity index (χ3v) is 3.98. The SMILES string of the molecule is CN1CC2CN(C(=O)c3ccccc3)CC2C1. The van der Waals surface area contributed by atoms with Gasteiger partial charge in [-0.25, -0.2) is 0 Å². The highest BCUT2D eigenvalue weighted by Crippen LogP contribution is 2.30. The van der Waals surface area contributed by atoms with Gasteiger partial charge in [0, 0.05) is 31.7 Å². The number of fused-ring (bicyclic) bond motifs is 1. The van der Waals surface area contributed by atoms with Gasteiger partial charge in [0.2, 0.25) is 0 Å². The Morgan fingerprint density at radius 2 is 1.65 bits per heavy atom. The second-order valence-electron chi connectivity index (χ2n) is 5.32. The number of nitrogens with zero attached hydrogens (tertiary/aromatic N) is 2. The first-order chi connectivity index (χ1) is 8.24. The molecule has 2 aliphatic rings. The molecule has 1 aromatic rings. The van der Waals surface area contributed by atoms with Gasteiger partial charge >= 0.3 is 0 Å². The van der Waals surface area contributed by atoms with Gasteiger partial charge in [-0.1, -0.05) is 18.2 Å². The van der Waals surface area contributed by atoms with Crippen LogP contribution in [0.25, 0.3) is 0 Å². The van der Waals surface area contributed by atoms with E-state index >= 15 is 0 Å². The highest BCUT2D eigenvalue weighted by Gasteiger charge is 2.40. The molecule has 17 heavy (non-hydrogen) atoms. The van der Waals surface area contributed by atoms with Gasteiger partial charge in [0.1, 0.15) is 0 Å². The van der Waals surface area contributed by atoms with E-state index in [1.54, 1.807) is 0 Å². The number of rotatable bonds is 1. The third-order valence-electron chi connectivity index (χ3n) is 3.98. The Morgan fingerprint density at radius 1 is 1.06 bits per heavy atom. The molecule has 0 aliphatic carbocycles. The molecule has 2 unspecified atom stereocenters. The van der Waals surface area contributed by atoms with Gasteiger partial charge < -0.3 is 9.80 Å². The van der Waals surface area contributed by atoms with E-state index in [0.29, 0.717) is 11.8 Å². The maximum absolute atomic E-state index is 12.3. The first-order valence-electron chi connectivity index (χ1n) is 6.27. The van der Waals surface area contributed by atoms with Crippen LogP contribution >= 0.6 is 0 Å². The maximum Gasteiger partial charge on any atom is 0.253 e. The Hall–Kier alpha value is -1.35. The van der Waals surface area contributed by atoms with E-state index in [-0.39, 0.29) is 5.91 Å². The fraction of sp³-hybridized carbons (Fsp3) is 0.500. The molecule has 0 bridgehead atoms. The van der Waals surface area contributed by atoms with E-state index in [0.717, 1.165) is 31.7 Å². The maximum atomic E-state index is 12.3. The van der Waals surface area contributed by atoms with E-state index in [2.05, 4.69) is 11.9 Å². The standard InChI is InChI=1S/C14H18N2O/c1-15-7-12-9-16(10-13(12)8-15)14(17)11-5-3-2-4-6-11/h2-6,12-13H,7-10H2,1H3. The molecule has 2 heterocycles. The number of likely N-dealkylation sites (tertiary alicyclic amines) is 2. The lowest BCUT2D eigenvalue weighted by atomic mass is 10.0. The molecule has 1 amide bonds. The highest BCUT2D eigenvalue weighted by molar-refractivity contribution is 5.94. The van der Waals surface area contributed by atoms with Crippen molar-refractivity contribution in [3.8, 4) is 0 Å². The first kappa shape index (κ1) is 10.8. The van der Waals surface area contributed by atoms with E-state index in [4.69, 9.17) is 0 Å². The largest absolute Gasteiger partial charge is 0.338 e. The van der Waals surface area contributed by atoms with Crippen LogP contribution in [-0.4, -0.2) is 48.9 Å². The fourth-order valence-electron chi connectivity index (χ4n) is 3.16. The average molecular weight is 230 g/mol. The van der Waals surface area contributed by atoms with Crippen LogP contribution in [0.3, 0.4) is 0 Å². The molecule has 90 valence electrons. The van der Waals surface area contributed by atoms with Gasteiger partial charge in [0.05, 0.1) is 0 Å². The number of carbonyl (C=O) groups excluding carboxylic acids is 1. The lowest BCUT2D eigenvalue weighted by molar-refractivity contribution is 0.0776. The Balaban J connectivity index is 1.70. The van der Waals surface area contributed by atoms with Crippen molar-refractivity contribution in [2.24, 2.45) is 11.8 Å². The summed E-state index contributed by atoms with van der Waals surface area (Å²) >= 11 is 0. The monoisotopic (exact) mass is 230 g/mol. The van der Waals surface area contributed by atoms with Gasteiger partial charge in [-0.05, 0) is 31.0 Å². The predicted octanol–water partition coefficient (Wildman–Crippen LogP) is 1.32. The van der Waals surface area contributed by atoms with Crippen LogP contribution in [-0.2, 0) is 0 Å². The number of amides is 1. The minimum Gasteiger partial charge on any atom is -0.338 e. The zero-order valence-corrected chi connectivity index (χ0v) is 10.2. The normalized spacial score (nSPS) is 28.4. The zero-order chi connectivity index (χ0) is 11.8. The van der Waals surface area contributed by atoms with Crippen molar-refractivity contribution < 1.29 is 4.79 Å². The third kappa shape index (κ3) is 1.95. The summed E-state index contributed by atoms with van der Waals surface area (Å²) in [6, 6.07) is 9.62. The van der Waals surface area contributed by atoms with Crippen molar-refractivity contribution in [2.45, 2.75) is 0 Å². The van der Waals surface area contributed by atoms with E-state index in [1.807, 2.05) is 35.2 Å². The molecule has 1 aromatic carbocycles. The minimum atomic E-state index is 0.197. The Bertz CT molecular complexity index is 403. The lowest BCUT2D eigenvalue weighted by Crippen LogP contribution is -2.32. The smallest absolute Gasteiger partial charge is 0.253 e. The van der Waals surface area contributed by atoms with Crippen LogP contribution in [0.1, 0.15) is 10.4 Å². The summed E-state index contributed by atoms with van der Waals surface area (Å²) < 4.78 is 0. The van der Waals surface area contributed by atoms with Crippen molar-refractivity contribution in [3.05, 3.63) is 35.9 Å². The topological polar surface area (TPSA) is 23.6 Å². The lowest BCUT2D eigenvalue weighted by Gasteiger charge is -2.19. The number of hydrogen-bond acceptors (Lipinski definition) is 2. The Kier molecular flexibility index (Phi) is 2.63. The summed E-state index contributed by atoms with van der Waals surface area (Å²) in [5.41, 5.74) is 0.820. The van der Waals surface area contributed by atoms with Crippen molar-refractivity contribution in [1.29, 1.82) is 0 Å².